The minimum atomic E-state index is -1.15. The molecule has 3 rings (SSSR count). The molecule has 1 aliphatic carbocycles. The largest absolute Gasteiger partial charge is 0.356 e. The number of aromatic amines is 1. The van der Waals surface area contributed by atoms with Gasteiger partial charge in [0.1, 0.15) is 5.82 Å². The normalized spacial score (nSPS) is 15.6. The van der Waals surface area contributed by atoms with E-state index in [9.17, 15) is 13.2 Å². The summed E-state index contributed by atoms with van der Waals surface area (Å²) >= 11 is 0. The summed E-state index contributed by atoms with van der Waals surface area (Å²) in [6.45, 7) is 2.16. The van der Waals surface area contributed by atoms with E-state index in [1.54, 1.807) is 6.92 Å². The summed E-state index contributed by atoms with van der Waals surface area (Å²) in [7, 11) is 0. The minimum absolute atomic E-state index is 0.0261. The molecule has 2 N–H and O–H groups in total. The maximum atomic E-state index is 13.8. The zero-order chi connectivity index (χ0) is 12.9. The van der Waals surface area contributed by atoms with Crippen LogP contribution >= 0.6 is 0 Å². The van der Waals surface area contributed by atoms with Crippen LogP contribution in [0, 0.1) is 24.4 Å². The monoisotopic (exact) mass is 254 g/mol. The Morgan fingerprint density at radius 2 is 2.00 bits per heavy atom. The summed E-state index contributed by atoms with van der Waals surface area (Å²) in [5.41, 5.74) is 1.31. The fraction of sp³-hybridized carbons (Fsp3) is 0.385. The summed E-state index contributed by atoms with van der Waals surface area (Å²) in [6.07, 6.45) is 2.21. The molecule has 1 saturated carbocycles. The van der Waals surface area contributed by atoms with Gasteiger partial charge in [-0.2, -0.15) is 0 Å². The Morgan fingerprint density at radius 3 is 2.67 bits per heavy atom. The fourth-order valence-corrected chi connectivity index (χ4v) is 2.21. The molecule has 5 heteroatoms. The van der Waals surface area contributed by atoms with Crippen molar-refractivity contribution in [1.29, 1.82) is 0 Å². The molecule has 18 heavy (non-hydrogen) atoms. The third-order valence-corrected chi connectivity index (χ3v) is 3.38. The van der Waals surface area contributed by atoms with Gasteiger partial charge in [-0.1, -0.05) is 0 Å². The third-order valence-electron chi connectivity index (χ3n) is 3.38. The molecule has 1 aromatic carbocycles. The first kappa shape index (κ1) is 11.6. The maximum absolute atomic E-state index is 13.8. The molecule has 0 amide bonds. The predicted octanol–water partition coefficient (Wildman–Crippen LogP) is 3.15. The zero-order valence-corrected chi connectivity index (χ0v) is 9.91. The van der Waals surface area contributed by atoms with Crippen LogP contribution in [0.3, 0.4) is 0 Å². The smallest absolute Gasteiger partial charge is 0.168 e. The van der Waals surface area contributed by atoms with Gasteiger partial charge in [0.15, 0.2) is 11.6 Å². The standard InChI is InChI=1S/C13H13F3N2/c1-6-8(5-17-7-2-3-7)11-12(16)9(14)4-10(15)13(11)18-6/h4,7,17-18H,2-3,5H2,1H3. The molecule has 2 aromatic rings. The number of hydrogen-bond donors (Lipinski definition) is 2. The van der Waals surface area contributed by atoms with E-state index in [4.69, 9.17) is 0 Å². The van der Waals surface area contributed by atoms with Gasteiger partial charge in [0.2, 0.25) is 0 Å². The van der Waals surface area contributed by atoms with E-state index in [1.165, 1.54) is 0 Å². The predicted molar refractivity (Wildman–Crippen MR) is 62.8 cm³/mol. The van der Waals surface area contributed by atoms with Crippen molar-refractivity contribution in [3.05, 3.63) is 34.8 Å². The minimum Gasteiger partial charge on any atom is -0.356 e. The number of fused-ring (bicyclic) bond motifs is 1. The molecule has 0 atom stereocenters. The Labute approximate surface area is 102 Å². The van der Waals surface area contributed by atoms with Crippen molar-refractivity contribution in [1.82, 2.24) is 10.3 Å². The summed E-state index contributed by atoms with van der Waals surface area (Å²) < 4.78 is 40.6. The quantitative estimate of drug-likeness (QED) is 0.809. The second-order valence-corrected chi connectivity index (χ2v) is 4.79. The molecule has 0 spiro atoms. The van der Waals surface area contributed by atoms with Crippen molar-refractivity contribution in [3.8, 4) is 0 Å². The summed E-state index contributed by atoms with van der Waals surface area (Å²) in [5, 5.41) is 3.25. The van der Waals surface area contributed by atoms with Gasteiger partial charge >= 0.3 is 0 Å². The number of halogens is 3. The lowest BCUT2D eigenvalue weighted by Crippen LogP contribution is -2.15. The van der Waals surface area contributed by atoms with Crippen LogP contribution in [0.4, 0.5) is 13.2 Å². The van der Waals surface area contributed by atoms with E-state index >= 15 is 0 Å². The molecule has 0 saturated heterocycles. The molecule has 96 valence electrons. The van der Waals surface area contributed by atoms with Crippen LogP contribution in [0.1, 0.15) is 24.1 Å². The first-order valence-electron chi connectivity index (χ1n) is 5.96. The van der Waals surface area contributed by atoms with E-state index < -0.39 is 17.5 Å². The van der Waals surface area contributed by atoms with Crippen LogP contribution in [0.15, 0.2) is 6.07 Å². The van der Waals surface area contributed by atoms with Gasteiger partial charge in [-0.25, -0.2) is 13.2 Å². The van der Waals surface area contributed by atoms with Crippen molar-refractivity contribution < 1.29 is 13.2 Å². The van der Waals surface area contributed by atoms with Crippen molar-refractivity contribution in [3.63, 3.8) is 0 Å². The first-order valence-corrected chi connectivity index (χ1v) is 5.96. The zero-order valence-electron chi connectivity index (χ0n) is 9.91. The Morgan fingerprint density at radius 1 is 1.28 bits per heavy atom. The van der Waals surface area contributed by atoms with Crippen molar-refractivity contribution in [2.75, 3.05) is 0 Å². The van der Waals surface area contributed by atoms with E-state index in [2.05, 4.69) is 10.3 Å². The topological polar surface area (TPSA) is 27.8 Å². The average Bonchev–Trinajstić information content (AvgIpc) is 3.08. The number of H-pyrrole nitrogens is 1. The molecule has 1 aliphatic rings. The molecule has 2 nitrogen and oxygen atoms in total. The Kier molecular flexibility index (Phi) is 2.59. The number of hydrogen-bond acceptors (Lipinski definition) is 1. The molecule has 0 radical (unpaired) electrons. The fourth-order valence-electron chi connectivity index (χ4n) is 2.21. The molecular formula is C13H13F3N2. The molecule has 0 bridgehead atoms. The lowest BCUT2D eigenvalue weighted by atomic mass is 10.1. The van der Waals surface area contributed by atoms with Crippen LogP contribution in [0.2, 0.25) is 0 Å². The van der Waals surface area contributed by atoms with Crippen LogP contribution in [0.5, 0.6) is 0 Å². The van der Waals surface area contributed by atoms with Gasteiger partial charge in [0.25, 0.3) is 0 Å². The highest BCUT2D eigenvalue weighted by Crippen LogP contribution is 2.29. The van der Waals surface area contributed by atoms with E-state index in [1.807, 2.05) is 0 Å². The lowest BCUT2D eigenvalue weighted by molar-refractivity contribution is 0.505. The van der Waals surface area contributed by atoms with E-state index in [0.29, 0.717) is 29.9 Å². The first-order chi connectivity index (χ1) is 8.58. The highest BCUT2D eigenvalue weighted by Gasteiger charge is 2.23. The van der Waals surface area contributed by atoms with Crippen LogP contribution in [-0.4, -0.2) is 11.0 Å². The lowest BCUT2D eigenvalue weighted by Gasteiger charge is -2.04. The summed E-state index contributed by atoms with van der Waals surface area (Å²) in [6, 6.07) is 1.03. The van der Waals surface area contributed by atoms with Crippen molar-refractivity contribution in [2.45, 2.75) is 32.4 Å². The molecule has 0 aliphatic heterocycles. The van der Waals surface area contributed by atoms with Crippen molar-refractivity contribution in [2.24, 2.45) is 0 Å². The number of aromatic nitrogens is 1. The molecule has 0 unspecified atom stereocenters. The summed E-state index contributed by atoms with van der Waals surface area (Å²) in [5.74, 6) is -2.89. The van der Waals surface area contributed by atoms with E-state index in [0.717, 1.165) is 12.8 Å². The van der Waals surface area contributed by atoms with Gasteiger partial charge in [-0.15, -0.1) is 0 Å². The van der Waals surface area contributed by atoms with Gasteiger partial charge in [0, 0.05) is 29.7 Å². The van der Waals surface area contributed by atoms with Gasteiger partial charge in [-0.3, -0.25) is 0 Å². The van der Waals surface area contributed by atoms with E-state index in [-0.39, 0.29) is 10.9 Å². The number of aryl methyl sites for hydroxylation is 1. The van der Waals surface area contributed by atoms with Crippen LogP contribution in [-0.2, 0) is 6.54 Å². The Hall–Kier alpha value is -1.49. The number of rotatable bonds is 3. The second-order valence-electron chi connectivity index (χ2n) is 4.79. The maximum Gasteiger partial charge on any atom is 0.168 e. The number of benzene rings is 1. The van der Waals surface area contributed by atoms with Crippen LogP contribution in [0.25, 0.3) is 10.9 Å². The molecule has 1 heterocycles. The van der Waals surface area contributed by atoms with Gasteiger partial charge < -0.3 is 10.3 Å². The molecule has 1 fully saturated rings. The van der Waals surface area contributed by atoms with Crippen LogP contribution < -0.4 is 5.32 Å². The molecular weight excluding hydrogens is 241 g/mol. The Balaban J connectivity index is 2.13. The highest BCUT2D eigenvalue weighted by molar-refractivity contribution is 5.85. The van der Waals surface area contributed by atoms with Gasteiger partial charge in [-0.05, 0) is 25.3 Å². The van der Waals surface area contributed by atoms with Gasteiger partial charge in [0.05, 0.1) is 5.52 Å². The third kappa shape index (κ3) is 1.79. The SMILES string of the molecule is Cc1[nH]c2c(F)cc(F)c(F)c2c1CNC1CC1. The average molecular weight is 254 g/mol. The number of nitrogens with one attached hydrogen (secondary N) is 2. The van der Waals surface area contributed by atoms with Crippen molar-refractivity contribution >= 4 is 10.9 Å². The molecule has 1 aromatic heterocycles. The second kappa shape index (κ2) is 4.02. The highest BCUT2D eigenvalue weighted by atomic mass is 19.2. The summed E-state index contributed by atoms with van der Waals surface area (Å²) in [4.78, 5) is 2.79. The Bertz CT molecular complexity index is 614.